The zero-order valence-corrected chi connectivity index (χ0v) is 9.49. The lowest BCUT2D eigenvalue weighted by Crippen LogP contribution is -2.06. The van der Waals surface area contributed by atoms with Crippen LogP contribution in [0.25, 0.3) is 0 Å². The molecule has 1 aromatic rings. The van der Waals surface area contributed by atoms with Gasteiger partial charge in [0.05, 0.1) is 0 Å². The summed E-state index contributed by atoms with van der Waals surface area (Å²) in [5, 5.41) is 1.58. The lowest BCUT2D eigenvalue weighted by atomic mass is 10.1. The summed E-state index contributed by atoms with van der Waals surface area (Å²) >= 11 is 0. The van der Waals surface area contributed by atoms with Crippen LogP contribution in [0, 0.1) is 20.8 Å². The van der Waals surface area contributed by atoms with Crippen molar-refractivity contribution in [1.29, 1.82) is 0 Å². The molecule has 1 saturated carbocycles. The highest BCUT2D eigenvalue weighted by molar-refractivity contribution is 7.48. The van der Waals surface area contributed by atoms with Crippen molar-refractivity contribution in [2.75, 3.05) is 0 Å². The van der Waals surface area contributed by atoms with E-state index in [-0.39, 0.29) is 0 Å². The van der Waals surface area contributed by atoms with Gasteiger partial charge in [0, 0.05) is 0 Å². The molecule has 0 N–H and O–H groups in total. The third kappa shape index (κ3) is 2.11. The molecule has 1 aliphatic carbocycles. The molecule has 1 heteroatoms. The Labute approximate surface area is 82.5 Å². The molecule has 0 atom stereocenters. The minimum atomic E-state index is 0.972. The summed E-state index contributed by atoms with van der Waals surface area (Å²) < 4.78 is 0. The van der Waals surface area contributed by atoms with Gasteiger partial charge in [-0.15, -0.1) is 0 Å². The lowest BCUT2D eigenvalue weighted by Gasteiger charge is -2.09. The smallest absolute Gasteiger partial charge is 0.0127 e. The first-order valence-electron chi connectivity index (χ1n) is 4.95. The fraction of sp³-hybridized carbons (Fsp3) is 0.500. The van der Waals surface area contributed by atoms with Crippen LogP contribution in [-0.4, -0.2) is 5.66 Å². The van der Waals surface area contributed by atoms with Crippen LogP contribution in [0.2, 0.25) is 0 Å². The summed E-state index contributed by atoms with van der Waals surface area (Å²) in [5.74, 6) is 0. The first-order chi connectivity index (χ1) is 6.16. The molecule has 0 nitrogen and oxygen atoms in total. The van der Waals surface area contributed by atoms with Crippen molar-refractivity contribution in [2.24, 2.45) is 0 Å². The second-order valence-electron chi connectivity index (χ2n) is 4.11. The third-order valence-electron chi connectivity index (χ3n) is 2.49. The van der Waals surface area contributed by atoms with Gasteiger partial charge in [0.1, 0.15) is 0 Å². The van der Waals surface area contributed by atoms with Crippen molar-refractivity contribution < 1.29 is 0 Å². The Bertz CT molecular complexity index is 301. The normalized spacial score (nSPS) is 17.2. The van der Waals surface area contributed by atoms with Gasteiger partial charge < -0.3 is 0 Å². The van der Waals surface area contributed by atoms with Gasteiger partial charge in [0.2, 0.25) is 0 Å². The Hall–Kier alpha value is -0.350. The van der Waals surface area contributed by atoms with Gasteiger partial charge in [-0.05, 0) is 64.3 Å². The summed E-state index contributed by atoms with van der Waals surface area (Å²) in [4.78, 5) is 0. The molecule has 69 valence electrons. The summed E-state index contributed by atoms with van der Waals surface area (Å²) in [6.45, 7) is 6.66. The molecule has 0 heterocycles. The van der Waals surface area contributed by atoms with Gasteiger partial charge in [0.15, 0.2) is 0 Å². The van der Waals surface area contributed by atoms with Crippen molar-refractivity contribution in [1.82, 2.24) is 0 Å². The average Bonchev–Trinajstić information content (AvgIpc) is 2.79. The Morgan fingerprint density at radius 2 is 1.62 bits per heavy atom. The molecule has 1 aromatic carbocycles. The lowest BCUT2D eigenvalue weighted by molar-refractivity contribution is 1.35. The van der Waals surface area contributed by atoms with E-state index in [9.17, 15) is 0 Å². The fourth-order valence-electron chi connectivity index (χ4n) is 1.76. The van der Waals surface area contributed by atoms with Crippen LogP contribution in [0.4, 0.5) is 0 Å². The van der Waals surface area contributed by atoms with Crippen LogP contribution in [0.1, 0.15) is 29.5 Å². The standard InChI is InChI=1S/C12H16P/c1-8-6-9(2)12(10(3)7-8)13-11-4-5-11/h6-7,11H,4-5H2,1-3H3. The minimum Gasteiger partial charge on any atom is -0.0557 e. The molecule has 2 rings (SSSR count). The van der Waals surface area contributed by atoms with Gasteiger partial charge in [0.25, 0.3) is 0 Å². The van der Waals surface area contributed by atoms with E-state index < -0.39 is 0 Å². The summed E-state index contributed by atoms with van der Waals surface area (Å²) in [7, 11) is 1.57. The Morgan fingerprint density at radius 1 is 1.08 bits per heavy atom. The fourth-order valence-corrected chi connectivity index (χ4v) is 3.07. The molecule has 1 fully saturated rings. The molecule has 0 spiro atoms. The van der Waals surface area contributed by atoms with Crippen LogP contribution in [0.5, 0.6) is 0 Å². The zero-order chi connectivity index (χ0) is 9.42. The molecule has 1 radical (unpaired) electrons. The highest BCUT2D eigenvalue weighted by atomic mass is 31.1. The van der Waals surface area contributed by atoms with E-state index in [0.29, 0.717) is 0 Å². The third-order valence-corrected chi connectivity index (χ3v) is 4.34. The Balaban J connectivity index is 2.31. The number of aryl methyl sites for hydroxylation is 3. The van der Waals surface area contributed by atoms with E-state index in [2.05, 4.69) is 32.9 Å². The predicted octanol–water partition coefficient (Wildman–Crippen LogP) is 3.35. The molecule has 0 saturated heterocycles. The monoisotopic (exact) mass is 191 g/mol. The van der Waals surface area contributed by atoms with Crippen LogP contribution < -0.4 is 5.30 Å². The molecule has 0 amide bonds. The van der Waals surface area contributed by atoms with E-state index in [4.69, 9.17) is 0 Å². The van der Waals surface area contributed by atoms with E-state index in [1.165, 1.54) is 29.5 Å². The van der Waals surface area contributed by atoms with Crippen molar-refractivity contribution in [3.63, 3.8) is 0 Å². The maximum absolute atomic E-state index is 2.30. The molecule has 0 unspecified atom stereocenters. The zero-order valence-electron chi connectivity index (χ0n) is 8.59. The van der Waals surface area contributed by atoms with Gasteiger partial charge in [-0.2, -0.15) is 0 Å². The molecule has 0 aliphatic heterocycles. The number of benzene rings is 1. The number of hydrogen-bond acceptors (Lipinski definition) is 0. The molecular weight excluding hydrogens is 175 g/mol. The molecule has 0 bridgehead atoms. The van der Waals surface area contributed by atoms with Gasteiger partial charge in [-0.1, -0.05) is 17.7 Å². The van der Waals surface area contributed by atoms with Crippen molar-refractivity contribution in [2.45, 2.75) is 39.3 Å². The SMILES string of the molecule is Cc1cc(C)c([P]C2CC2)c(C)c1. The predicted molar refractivity (Wildman–Crippen MR) is 60.2 cm³/mol. The number of hydrogen-bond donors (Lipinski definition) is 0. The van der Waals surface area contributed by atoms with Crippen molar-refractivity contribution in [3.8, 4) is 0 Å². The minimum absolute atomic E-state index is 0.972. The first-order valence-corrected chi connectivity index (χ1v) is 5.92. The Kier molecular flexibility index (Phi) is 2.43. The van der Waals surface area contributed by atoms with Gasteiger partial charge >= 0.3 is 0 Å². The maximum atomic E-state index is 2.30. The highest BCUT2D eigenvalue weighted by Gasteiger charge is 2.23. The van der Waals surface area contributed by atoms with Crippen LogP contribution in [0.3, 0.4) is 0 Å². The van der Waals surface area contributed by atoms with Crippen LogP contribution in [-0.2, 0) is 0 Å². The topological polar surface area (TPSA) is 0 Å². The summed E-state index contributed by atoms with van der Waals surface area (Å²) in [6.07, 6.45) is 2.88. The first kappa shape index (κ1) is 9.21. The molecule has 0 aromatic heterocycles. The van der Waals surface area contributed by atoms with Gasteiger partial charge in [-0.25, -0.2) is 0 Å². The van der Waals surface area contributed by atoms with Crippen molar-refractivity contribution in [3.05, 3.63) is 28.8 Å². The molecule has 1 aliphatic rings. The highest BCUT2D eigenvalue weighted by Crippen LogP contribution is 2.39. The van der Waals surface area contributed by atoms with Crippen LogP contribution in [0.15, 0.2) is 12.1 Å². The van der Waals surface area contributed by atoms with Crippen LogP contribution >= 0.6 is 8.58 Å². The van der Waals surface area contributed by atoms with E-state index in [1.54, 1.807) is 13.9 Å². The second-order valence-corrected chi connectivity index (χ2v) is 5.54. The summed E-state index contributed by atoms with van der Waals surface area (Å²) in [6, 6.07) is 4.61. The largest absolute Gasteiger partial charge is 0.0557 e. The van der Waals surface area contributed by atoms with E-state index in [0.717, 1.165) is 5.66 Å². The van der Waals surface area contributed by atoms with E-state index in [1.807, 2.05) is 0 Å². The number of rotatable bonds is 2. The second kappa shape index (κ2) is 3.42. The van der Waals surface area contributed by atoms with Gasteiger partial charge in [-0.3, -0.25) is 0 Å². The summed E-state index contributed by atoms with van der Waals surface area (Å²) in [5.41, 5.74) is 5.32. The Morgan fingerprint density at radius 3 is 2.08 bits per heavy atom. The van der Waals surface area contributed by atoms with E-state index >= 15 is 0 Å². The average molecular weight is 191 g/mol. The van der Waals surface area contributed by atoms with Crippen molar-refractivity contribution >= 4 is 13.9 Å². The quantitative estimate of drug-likeness (QED) is 0.629. The molecule has 13 heavy (non-hydrogen) atoms. The molecular formula is C12H16P. The maximum Gasteiger partial charge on any atom is -0.0127 e.